The molecule has 0 spiro atoms. The molecule has 0 aromatic heterocycles. The number of rotatable bonds is 3. The van der Waals surface area contributed by atoms with Gasteiger partial charge in [0.25, 0.3) is 0 Å². The monoisotopic (exact) mass is 271 g/mol. The minimum atomic E-state index is -3.51. The zero-order valence-corrected chi connectivity index (χ0v) is 10.6. The van der Waals surface area contributed by atoms with Crippen LogP contribution in [-0.4, -0.2) is 37.9 Å². The third kappa shape index (κ3) is 2.13. The van der Waals surface area contributed by atoms with Gasteiger partial charge >= 0.3 is 5.97 Å². The lowest BCUT2D eigenvalue weighted by molar-refractivity contribution is -0.144. The highest BCUT2D eigenvalue weighted by Crippen LogP contribution is 2.34. The molecular formula is C11H13NO5S. The van der Waals surface area contributed by atoms with Crippen molar-refractivity contribution in [1.82, 2.24) is 0 Å². The molecule has 0 aliphatic carbocycles. The molecule has 0 bridgehead atoms. The zero-order valence-electron chi connectivity index (χ0n) is 9.74. The summed E-state index contributed by atoms with van der Waals surface area (Å²) in [6.07, 6.45) is -1.18. The van der Waals surface area contributed by atoms with Crippen molar-refractivity contribution < 1.29 is 23.1 Å². The van der Waals surface area contributed by atoms with Crippen molar-refractivity contribution in [2.45, 2.75) is 13.0 Å². The number of aliphatic carboxylic acids is 1. The quantitative estimate of drug-likeness (QED) is 0.874. The fraction of sp³-hybridized carbons (Fsp3) is 0.364. The number of benzene rings is 1. The van der Waals surface area contributed by atoms with E-state index < -0.39 is 22.1 Å². The highest BCUT2D eigenvalue weighted by atomic mass is 32.2. The molecule has 0 radical (unpaired) electrons. The van der Waals surface area contributed by atoms with Gasteiger partial charge in [-0.25, -0.2) is 13.2 Å². The number of hydrogen-bond acceptors (Lipinski definition) is 4. The Hall–Kier alpha value is -1.76. The van der Waals surface area contributed by atoms with Crippen LogP contribution in [0.3, 0.4) is 0 Å². The number of hydrogen-bond donors (Lipinski definition) is 1. The zero-order chi connectivity index (χ0) is 13.3. The average molecular weight is 271 g/mol. The second-order valence-corrected chi connectivity index (χ2v) is 6.03. The van der Waals surface area contributed by atoms with E-state index in [1.54, 1.807) is 24.3 Å². The van der Waals surface area contributed by atoms with Gasteiger partial charge in [-0.15, -0.1) is 0 Å². The van der Waals surface area contributed by atoms with Crippen molar-refractivity contribution in [3.05, 3.63) is 24.3 Å². The predicted octanol–water partition coefficient (Wildman–Crippen LogP) is 0.688. The maximum Gasteiger partial charge on any atom is 0.346 e. The van der Waals surface area contributed by atoms with E-state index in [9.17, 15) is 13.2 Å². The molecule has 1 heterocycles. The minimum Gasteiger partial charge on any atom is -0.478 e. The smallest absolute Gasteiger partial charge is 0.346 e. The van der Waals surface area contributed by atoms with E-state index in [1.165, 1.54) is 6.92 Å². The summed E-state index contributed by atoms with van der Waals surface area (Å²) < 4.78 is 30.3. The molecular weight excluding hydrogens is 258 g/mol. The minimum absolute atomic E-state index is 0.0896. The third-order valence-corrected chi connectivity index (χ3v) is 4.46. The molecule has 7 heteroatoms. The van der Waals surface area contributed by atoms with E-state index in [-0.39, 0.29) is 18.0 Å². The van der Waals surface area contributed by atoms with E-state index in [0.717, 1.165) is 4.31 Å². The van der Waals surface area contributed by atoms with Crippen molar-refractivity contribution in [3.63, 3.8) is 0 Å². The lowest BCUT2D eigenvalue weighted by atomic mass is 10.2. The number of nitrogens with zero attached hydrogens (tertiary/aromatic N) is 1. The summed E-state index contributed by atoms with van der Waals surface area (Å²) in [5.41, 5.74) is 0.386. The maximum absolute atomic E-state index is 12.0. The third-order valence-electron chi connectivity index (χ3n) is 2.71. The van der Waals surface area contributed by atoms with Crippen molar-refractivity contribution in [2.75, 3.05) is 16.6 Å². The van der Waals surface area contributed by atoms with Crippen molar-refractivity contribution in [1.29, 1.82) is 0 Å². The first kappa shape index (κ1) is 12.7. The Labute approximate surface area is 105 Å². The van der Waals surface area contributed by atoms with Crippen molar-refractivity contribution in [3.8, 4) is 5.75 Å². The summed E-state index contributed by atoms with van der Waals surface area (Å²) in [6.45, 7) is 1.31. The van der Waals surface area contributed by atoms with Gasteiger partial charge in [0.2, 0.25) is 16.1 Å². The number of carbonyl (C=O) groups is 1. The van der Waals surface area contributed by atoms with Gasteiger partial charge in [-0.2, -0.15) is 0 Å². The van der Waals surface area contributed by atoms with Crippen LogP contribution in [0.25, 0.3) is 0 Å². The van der Waals surface area contributed by atoms with Gasteiger partial charge in [-0.3, -0.25) is 4.31 Å². The van der Waals surface area contributed by atoms with Crippen LogP contribution < -0.4 is 9.04 Å². The topological polar surface area (TPSA) is 83.9 Å². The Morgan fingerprint density at radius 1 is 1.50 bits per heavy atom. The standard InChI is InChI=1S/C11H13NO5S/c1-2-18(15,16)12-7-10(11(13)14)17-9-6-4-3-5-8(9)12/h3-6,10H,2,7H2,1H3,(H,13,14)/t10-/m1/s1. The number of fused-ring (bicyclic) bond motifs is 1. The predicted molar refractivity (Wildman–Crippen MR) is 65.3 cm³/mol. The lowest BCUT2D eigenvalue weighted by Gasteiger charge is -2.33. The first-order valence-corrected chi connectivity index (χ1v) is 7.05. The van der Waals surface area contributed by atoms with Gasteiger partial charge in [0.1, 0.15) is 5.75 Å². The van der Waals surface area contributed by atoms with Crippen LogP contribution in [0, 0.1) is 0 Å². The van der Waals surface area contributed by atoms with Crippen molar-refractivity contribution in [2.24, 2.45) is 0 Å². The number of anilines is 1. The van der Waals surface area contributed by atoms with E-state index in [1.807, 2.05) is 0 Å². The number of ether oxygens (including phenoxy) is 1. The van der Waals surface area contributed by atoms with Gasteiger partial charge in [-0.05, 0) is 19.1 Å². The molecule has 1 aromatic rings. The fourth-order valence-corrected chi connectivity index (χ4v) is 2.87. The van der Waals surface area contributed by atoms with Crippen molar-refractivity contribution >= 4 is 21.7 Å². The van der Waals surface area contributed by atoms with Crippen LogP contribution in [0.2, 0.25) is 0 Å². The first-order valence-electron chi connectivity index (χ1n) is 5.44. The molecule has 1 aliphatic heterocycles. The van der Waals surface area contributed by atoms with Gasteiger partial charge in [0.05, 0.1) is 18.0 Å². The highest BCUT2D eigenvalue weighted by molar-refractivity contribution is 7.92. The molecule has 0 saturated carbocycles. The molecule has 18 heavy (non-hydrogen) atoms. The molecule has 0 amide bonds. The van der Waals surface area contributed by atoms with Gasteiger partial charge in [0, 0.05) is 0 Å². The Balaban J connectivity index is 2.50. The molecule has 1 aromatic carbocycles. The second-order valence-electron chi connectivity index (χ2n) is 3.84. The van der Waals surface area contributed by atoms with Gasteiger partial charge in [-0.1, -0.05) is 12.1 Å². The molecule has 2 rings (SSSR count). The Bertz CT molecular complexity index is 569. The van der Waals surface area contributed by atoms with Gasteiger partial charge in [0.15, 0.2) is 0 Å². The van der Waals surface area contributed by atoms with Gasteiger partial charge < -0.3 is 9.84 Å². The highest BCUT2D eigenvalue weighted by Gasteiger charge is 2.35. The summed E-state index contributed by atoms with van der Waals surface area (Å²) in [4.78, 5) is 11.0. The summed E-state index contributed by atoms with van der Waals surface area (Å²) in [6, 6.07) is 6.50. The van der Waals surface area contributed by atoms with E-state index in [0.29, 0.717) is 5.69 Å². The average Bonchev–Trinajstić information content (AvgIpc) is 2.37. The van der Waals surface area contributed by atoms with Crippen LogP contribution >= 0.6 is 0 Å². The largest absolute Gasteiger partial charge is 0.478 e. The molecule has 98 valence electrons. The number of sulfonamides is 1. The number of carboxylic acid groups (broad SMARTS) is 1. The van der Waals surface area contributed by atoms with Crippen LogP contribution in [0.5, 0.6) is 5.75 Å². The fourth-order valence-electron chi connectivity index (χ4n) is 1.75. The number of para-hydroxylation sites is 2. The molecule has 1 atom stereocenters. The van der Waals surface area contributed by atoms with E-state index >= 15 is 0 Å². The second kappa shape index (κ2) is 4.49. The van der Waals surface area contributed by atoms with Crippen LogP contribution in [0.15, 0.2) is 24.3 Å². The Kier molecular flexibility index (Phi) is 3.16. The maximum atomic E-state index is 12.0. The SMILES string of the molecule is CCS(=O)(=O)N1C[C@H](C(=O)O)Oc2ccccc21. The molecule has 0 unspecified atom stereocenters. The van der Waals surface area contributed by atoms with Crippen LogP contribution in [0.1, 0.15) is 6.92 Å². The van der Waals surface area contributed by atoms with E-state index in [2.05, 4.69) is 0 Å². The Morgan fingerprint density at radius 3 is 2.78 bits per heavy atom. The summed E-state index contributed by atoms with van der Waals surface area (Å²) >= 11 is 0. The normalized spacial score (nSPS) is 18.9. The summed E-state index contributed by atoms with van der Waals surface area (Å²) in [5, 5.41) is 8.97. The van der Waals surface area contributed by atoms with E-state index in [4.69, 9.17) is 9.84 Å². The molecule has 1 N–H and O–H groups in total. The summed E-state index contributed by atoms with van der Waals surface area (Å²) in [5.74, 6) is -0.998. The first-order chi connectivity index (χ1) is 8.45. The summed E-state index contributed by atoms with van der Waals surface area (Å²) in [7, 11) is -3.51. The molecule has 6 nitrogen and oxygen atoms in total. The lowest BCUT2D eigenvalue weighted by Crippen LogP contribution is -2.47. The van der Waals surface area contributed by atoms with Crippen LogP contribution in [-0.2, 0) is 14.8 Å². The molecule has 0 saturated heterocycles. The van der Waals surface area contributed by atoms with Crippen LogP contribution in [0.4, 0.5) is 5.69 Å². The molecule has 0 fully saturated rings. The number of carboxylic acids is 1. The Morgan fingerprint density at radius 2 is 2.17 bits per heavy atom. The molecule has 1 aliphatic rings.